The van der Waals surface area contributed by atoms with E-state index in [4.69, 9.17) is 5.73 Å². The van der Waals surface area contributed by atoms with Gasteiger partial charge < -0.3 is 10.6 Å². The first-order valence-electron chi connectivity index (χ1n) is 7.32. The Morgan fingerprint density at radius 1 is 1.21 bits per heavy atom. The highest BCUT2D eigenvalue weighted by Gasteiger charge is 2.23. The van der Waals surface area contributed by atoms with Crippen LogP contribution in [0.4, 0.5) is 5.69 Å². The highest BCUT2D eigenvalue weighted by molar-refractivity contribution is 5.81. The maximum atomic E-state index is 6.12. The van der Waals surface area contributed by atoms with E-state index in [1.54, 1.807) is 0 Å². The van der Waals surface area contributed by atoms with E-state index in [0.717, 1.165) is 11.6 Å². The minimum Gasteiger partial charge on any atom is -0.369 e. The summed E-state index contributed by atoms with van der Waals surface area (Å²) in [6.45, 7) is 2.29. The third kappa shape index (κ3) is 3.72. The molecule has 1 fully saturated rings. The first kappa shape index (κ1) is 13.9. The standard InChI is InChI=1S/C16H25N3/c1-3-13-9-11-15(12-10-13)19(2)16(17)18-14-7-5-4-6-8-14/h4-8,13,15H,3,9-12H2,1-2H3,(H2,17,18). The number of nitrogens with two attached hydrogens (primary N) is 1. The van der Waals surface area contributed by atoms with E-state index >= 15 is 0 Å². The van der Waals surface area contributed by atoms with Crippen molar-refractivity contribution in [3.63, 3.8) is 0 Å². The van der Waals surface area contributed by atoms with Gasteiger partial charge in [0.1, 0.15) is 0 Å². The molecule has 3 heteroatoms. The summed E-state index contributed by atoms with van der Waals surface area (Å²) in [7, 11) is 2.07. The second kappa shape index (κ2) is 6.60. The molecule has 0 atom stereocenters. The molecule has 3 nitrogen and oxygen atoms in total. The molecule has 0 amide bonds. The number of rotatable bonds is 3. The molecule has 0 heterocycles. The van der Waals surface area contributed by atoms with Gasteiger partial charge in [-0.1, -0.05) is 31.5 Å². The van der Waals surface area contributed by atoms with Gasteiger partial charge in [0, 0.05) is 13.1 Å². The first-order valence-corrected chi connectivity index (χ1v) is 7.32. The Bertz CT molecular complexity index is 405. The van der Waals surface area contributed by atoms with Crippen LogP contribution >= 0.6 is 0 Å². The smallest absolute Gasteiger partial charge is 0.196 e. The van der Waals surface area contributed by atoms with Crippen molar-refractivity contribution in [3.8, 4) is 0 Å². The van der Waals surface area contributed by atoms with E-state index < -0.39 is 0 Å². The van der Waals surface area contributed by atoms with Crippen LogP contribution in [0.2, 0.25) is 0 Å². The predicted molar refractivity (Wildman–Crippen MR) is 81.5 cm³/mol. The van der Waals surface area contributed by atoms with Crippen molar-refractivity contribution in [3.05, 3.63) is 30.3 Å². The molecular formula is C16H25N3. The van der Waals surface area contributed by atoms with Crippen molar-refractivity contribution in [2.24, 2.45) is 16.6 Å². The van der Waals surface area contributed by atoms with Gasteiger partial charge in [-0.25, -0.2) is 4.99 Å². The molecule has 0 aliphatic heterocycles. The average molecular weight is 259 g/mol. The zero-order valence-electron chi connectivity index (χ0n) is 12.0. The molecule has 0 spiro atoms. The summed E-state index contributed by atoms with van der Waals surface area (Å²) in [5.41, 5.74) is 7.05. The van der Waals surface area contributed by atoms with Gasteiger partial charge in [0.2, 0.25) is 0 Å². The Kier molecular flexibility index (Phi) is 4.83. The van der Waals surface area contributed by atoms with Crippen LogP contribution in [0.5, 0.6) is 0 Å². The van der Waals surface area contributed by atoms with Crippen molar-refractivity contribution in [2.75, 3.05) is 7.05 Å². The zero-order valence-corrected chi connectivity index (χ0v) is 12.0. The monoisotopic (exact) mass is 259 g/mol. The van der Waals surface area contributed by atoms with Gasteiger partial charge in [0.05, 0.1) is 5.69 Å². The maximum Gasteiger partial charge on any atom is 0.196 e. The molecule has 1 aromatic carbocycles. The molecule has 2 N–H and O–H groups in total. The van der Waals surface area contributed by atoms with E-state index in [2.05, 4.69) is 23.9 Å². The van der Waals surface area contributed by atoms with E-state index in [1.807, 2.05) is 30.3 Å². The SMILES string of the molecule is CCC1CCC(N(C)C(N)=Nc2ccccc2)CC1. The minimum atomic E-state index is 0.551. The van der Waals surface area contributed by atoms with Gasteiger partial charge in [-0.05, 0) is 43.7 Å². The normalized spacial score (nSPS) is 24.2. The van der Waals surface area contributed by atoms with Gasteiger partial charge in [-0.2, -0.15) is 0 Å². The lowest BCUT2D eigenvalue weighted by Crippen LogP contribution is -2.43. The van der Waals surface area contributed by atoms with Gasteiger partial charge in [-0.3, -0.25) is 0 Å². The Morgan fingerprint density at radius 3 is 2.42 bits per heavy atom. The lowest BCUT2D eigenvalue weighted by atomic mass is 9.84. The zero-order chi connectivity index (χ0) is 13.7. The summed E-state index contributed by atoms with van der Waals surface area (Å²) < 4.78 is 0. The molecule has 104 valence electrons. The predicted octanol–water partition coefficient (Wildman–Crippen LogP) is 3.53. The van der Waals surface area contributed by atoms with Gasteiger partial charge in [0.15, 0.2) is 5.96 Å². The second-order valence-electron chi connectivity index (χ2n) is 5.50. The number of para-hydroxylation sites is 1. The molecule has 1 aliphatic rings. The maximum absolute atomic E-state index is 6.12. The van der Waals surface area contributed by atoms with E-state index in [0.29, 0.717) is 12.0 Å². The summed E-state index contributed by atoms with van der Waals surface area (Å²) >= 11 is 0. The fourth-order valence-electron chi connectivity index (χ4n) is 2.84. The van der Waals surface area contributed by atoms with Crippen molar-refractivity contribution in [2.45, 2.75) is 45.1 Å². The summed E-state index contributed by atoms with van der Waals surface area (Å²) in [5, 5.41) is 0. The Hall–Kier alpha value is -1.51. The number of nitrogens with zero attached hydrogens (tertiary/aromatic N) is 2. The fourth-order valence-corrected chi connectivity index (χ4v) is 2.84. The molecule has 0 aromatic heterocycles. The Balaban J connectivity index is 1.96. The molecular weight excluding hydrogens is 234 g/mol. The third-order valence-electron chi connectivity index (χ3n) is 4.30. The average Bonchev–Trinajstić information content (AvgIpc) is 2.47. The Morgan fingerprint density at radius 2 is 1.84 bits per heavy atom. The van der Waals surface area contributed by atoms with Crippen LogP contribution in [-0.4, -0.2) is 23.9 Å². The van der Waals surface area contributed by atoms with Crippen LogP contribution in [0, 0.1) is 5.92 Å². The van der Waals surface area contributed by atoms with Crippen LogP contribution in [0.3, 0.4) is 0 Å². The molecule has 0 radical (unpaired) electrons. The number of aliphatic imine (C=N–C) groups is 1. The van der Waals surface area contributed by atoms with Gasteiger partial charge >= 0.3 is 0 Å². The lowest BCUT2D eigenvalue weighted by molar-refractivity contribution is 0.225. The molecule has 0 bridgehead atoms. The van der Waals surface area contributed by atoms with Crippen molar-refractivity contribution >= 4 is 11.6 Å². The molecule has 0 unspecified atom stereocenters. The highest BCUT2D eigenvalue weighted by atomic mass is 15.3. The van der Waals surface area contributed by atoms with Crippen LogP contribution in [0.1, 0.15) is 39.0 Å². The fraction of sp³-hybridized carbons (Fsp3) is 0.562. The summed E-state index contributed by atoms with van der Waals surface area (Å²) in [6, 6.07) is 10.5. The lowest BCUT2D eigenvalue weighted by Gasteiger charge is -2.35. The van der Waals surface area contributed by atoms with Gasteiger partial charge in [0.25, 0.3) is 0 Å². The summed E-state index contributed by atoms with van der Waals surface area (Å²) in [6.07, 6.45) is 6.43. The number of guanidine groups is 1. The minimum absolute atomic E-state index is 0.551. The van der Waals surface area contributed by atoms with Crippen molar-refractivity contribution < 1.29 is 0 Å². The highest BCUT2D eigenvalue weighted by Crippen LogP contribution is 2.29. The second-order valence-corrected chi connectivity index (χ2v) is 5.50. The third-order valence-corrected chi connectivity index (χ3v) is 4.30. The molecule has 2 rings (SSSR count). The molecule has 0 saturated heterocycles. The molecule has 1 aromatic rings. The summed E-state index contributed by atoms with van der Waals surface area (Å²) in [4.78, 5) is 6.65. The molecule has 1 aliphatic carbocycles. The number of benzene rings is 1. The van der Waals surface area contributed by atoms with E-state index in [1.165, 1.54) is 32.1 Å². The van der Waals surface area contributed by atoms with Crippen LogP contribution in [-0.2, 0) is 0 Å². The van der Waals surface area contributed by atoms with Crippen LogP contribution < -0.4 is 5.73 Å². The molecule has 1 saturated carbocycles. The van der Waals surface area contributed by atoms with Gasteiger partial charge in [-0.15, -0.1) is 0 Å². The Labute approximate surface area is 116 Å². The summed E-state index contributed by atoms with van der Waals surface area (Å²) in [5.74, 6) is 1.54. The number of hydrogen-bond acceptors (Lipinski definition) is 1. The van der Waals surface area contributed by atoms with Crippen LogP contribution in [0.15, 0.2) is 35.3 Å². The van der Waals surface area contributed by atoms with Crippen LogP contribution in [0.25, 0.3) is 0 Å². The van der Waals surface area contributed by atoms with Crippen molar-refractivity contribution in [1.29, 1.82) is 0 Å². The van der Waals surface area contributed by atoms with Crippen molar-refractivity contribution in [1.82, 2.24) is 4.90 Å². The van der Waals surface area contributed by atoms with E-state index in [9.17, 15) is 0 Å². The topological polar surface area (TPSA) is 41.6 Å². The quantitative estimate of drug-likeness (QED) is 0.666. The first-order chi connectivity index (χ1) is 9.20. The largest absolute Gasteiger partial charge is 0.369 e. The number of hydrogen-bond donors (Lipinski definition) is 1. The van der Waals surface area contributed by atoms with E-state index in [-0.39, 0.29) is 0 Å². The molecule has 19 heavy (non-hydrogen) atoms.